The number of aliphatic hydroxyl groups is 1. The van der Waals surface area contributed by atoms with E-state index in [1.165, 1.54) is 0 Å². The highest BCUT2D eigenvalue weighted by atomic mass is 16.6. The summed E-state index contributed by atoms with van der Waals surface area (Å²) in [6.45, 7) is 5.04. The molecule has 53 valence electrons. The number of hydrogen-bond acceptors (Lipinski definition) is 3. The van der Waals surface area contributed by atoms with Gasteiger partial charge in [0.15, 0.2) is 0 Å². The zero-order valence-corrected chi connectivity index (χ0v) is 5.25. The largest absolute Gasteiger partial charge is 0.391 e. The van der Waals surface area contributed by atoms with Gasteiger partial charge < -0.3 is 14.6 Å². The van der Waals surface area contributed by atoms with Crippen LogP contribution in [0.5, 0.6) is 0 Å². The summed E-state index contributed by atoms with van der Waals surface area (Å²) in [6, 6.07) is 0. The number of epoxide rings is 1. The Morgan fingerprint density at radius 2 is 2.56 bits per heavy atom. The first-order valence-electron chi connectivity index (χ1n) is 2.99. The Kier molecular flexibility index (Phi) is 2.45. The third-order valence-corrected chi connectivity index (χ3v) is 1.02. The summed E-state index contributed by atoms with van der Waals surface area (Å²) in [7, 11) is 0. The Bertz CT molecular complexity index is 76.4. The minimum atomic E-state index is -0.608. The second-order valence-corrected chi connectivity index (χ2v) is 2.15. The van der Waals surface area contributed by atoms with Gasteiger partial charge in [-0.1, -0.05) is 0 Å². The van der Waals surface area contributed by atoms with E-state index >= 15 is 0 Å². The summed E-state index contributed by atoms with van der Waals surface area (Å²) in [5.41, 5.74) is 0. The molecule has 1 radical (unpaired) electrons. The minimum Gasteiger partial charge on any atom is -0.391 e. The lowest BCUT2D eigenvalue weighted by molar-refractivity contribution is 0.0504. The van der Waals surface area contributed by atoms with E-state index in [-0.39, 0.29) is 6.10 Å². The fraction of sp³-hybridized carbons (Fsp3) is 0.833. The summed E-state index contributed by atoms with van der Waals surface area (Å²) in [5, 5.41) is 8.61. The molecule has 1 aliphatic rings. The van der Waals surface area contributed by atoms with Crippen molar-refractivity contribution in [3.05, 3.63) is 6.92 Å². The topological polar surface area (TPSA) is 42.0 Å². The van der Waals surface area contributed by atoms with Gasteiger partial charge in [-0.05, 0) is 6.92 Å². The molecule has 1 aliphatic heterocycles. The monoisotopic (exact) mass is 131 g/mol. The Labute approximate surface area is 54.6 Å². The molecule has 1 fully saturated rings. The van der Waals surface area contributed by atoms with Crippen LogP contribution in [0.15, 0.2) is 0 Å². The lowest BCUT2D eigenvalue weighted by Gasteiger charge is -2.02. The number of rotatable bonds is 4. The fourth-order valence-corrected chi connectivity index (χ4v) is 0.500. The molecule has 3 nitrogen and oxygen atoms in total. The third-order valence-electron chi connectivity index (χ3n) is 1.02. The summed E-state index contributed by atoms with van der Waals surface area (Å²) in [6.07, 6.45) is -0.326. The Morgan fingerprint density at radius 3 is 3.00 bits per heavy atom. The van der Waals surface area contributed by atoms with Crippen molar-refractivity contribution in [3.8, 4) is 0 Å². The van der Waals surface area contributed by atoms with Gasteiger partial charge in [-0.25, -0.2) is 0 Å². The van der Waals surface area contributed by atoms with Crippen molar-refractivity contribution in [2.75, 3.05) is 19.8 Å². The molecule has 0 amide bonds. The molecule has 3 heteroatoms. The lowest BCUT2D eigenvalue weighted by Crippen LogP contribution is -2.13. The van der Waals surface area contributed by atoms with E-state index in [2.05, 4.69) is 6.92 Å². The van der Waals surface area contributed by atoms with Crippen LogP contribution in [-0.2, 0) is 9.47 Å². The molecule has 0 aromatic heterocycles. The van der Waals surface area contributed by atoms with Crippen LogP contribution in [-0.4, -0.2) is 37.1 Å². The predicted octanol–water partition coefficient (Wildman–Crippen LogP) is -0.403. The van der Waals surface area contributed by atoms with Crippen molar-refractivity contribution < 1.29 is 14.6 Å². The highest BCUT2D eigenvalue weighted by Gasteiger charge is 2.22. The zero-order valence-electron chi connectivity index (χ0n) is 5.25. The highest BCUT2D eigenvalue weighted by molar-refractivity contribution is 4.67. The van der Waals surface area contributed by atoms with Gasteiger partial charge in [-0.3, -0.25) is 0 Å². The average molecular weight is 131 g/mol. The third kappa shape index (κ3) is 3.46. The van der Waals surface area contributed by atoms with Gasteiger partial charge in [0, 0.05) is 0 Å². The first kappa shape index (κ1) is 6.99. The van der Waals surface area contributed by atoms with Crippen LogP contribution in [0.2, 0.25) is 0 Å². The SMILES string of the molecule is [CH2]C(O)COCC1CO1. The Morgan fingerprint density at radius 1 is 1.89 bits per heavy atom. The minimum absolute atomic E-state index is 0.281. The predicted molar refractivity (Wildman–Crippen MR) is 31.9 cm³/mol. The smallest absolute Gasteiger partial charge is 0.104 e. The summed E-state index contributed by atoms with van der Waals surface area (Å²) in [4.78, 5) is 0. The lowest BCUT2D eigenvalue weighted by atomic mass is 10.4. The quantitative estimate of drug-likeness (QED) is 0.528. The Balaban J connectivity index is 1.81. The molecule has 0 bridgehead atoms. The van der Waals surface area contributed by atoms with E-state index in [9.17, 15) is 0 Å². The van der Waals surface area contributed by atoms with Gasteiger partial charge in [0.1, 0.15) is 6.10 Å². The molecule has 0 aromatic rings. The van der Waals surface area contributed by atoms with Crippen molar-refractivity contribution in [3.63, 3.8) is 0 Å². The van der Waals surface area contributed by atoms with Gasteiger partial charge in [0.2, 0.25) is 0 Å². The van der Waals surface area contributed by atoms with E-state index in [0.29, 0.717) is 13.2 Å². The number of ether oxygens (including phenoxy) is 2. The molecule has 1 rings (SSSR count). The molecule has 1 N–H and O–H groups in total. The molecule has 9 heavy (non-hydrogen) atoms. The van der Waals surface area contributed by atoms with Gasteiger partial charge in [0.25, 0.3) is 0 Å². The van der Waals surface area contributed by atoms with Gasteiger partial charge >= 0.3 is 0 Å². The number of aliphatic hydroxyl groups excluding tert-OH is 1. The molecule has 1 saturated heterocycles. The first-order chi connectivity index (χ1) is 4.29. The van der Waals surface area contributed by atoms with Crippen LogP contribution in [0, 0.1) is 6.92 Å². The van der Waals surface area contributed by atoms with Crippen LogP contribution in [0.4, 0.5) is 0 Å². The molecule has 0 spiro atoms. The van der Waals surface area contributed by atoms with Crippen molar-refractivity contribution in [2.24, 2.45) is 0 Å². The maximum Gasteiger partial charge on any atom is 0.104 e. The van der Waals surface area contributed by atoms with E-state index in [4.69, 9.17) is 14.6 Å². The van der Waals surface area contributed by atoms with E-state index < -0.39 is 6.10 Å². The normalized spacial score (nSPS) is 28.0. The average Bonchev–Trinajstić information content (AvgIpc) is 2.48. The van der Waals surface area contributed by atoms with E-state index in [1.807, 2.05) is 0 Å². The van der Waals surface area contributed by atoms with Crippen LogP contribution in [0.3, 0.4) is 0 Å². The van der Waals surface area contributed by atoms with Crippen LogP contribution < -0.4 is 0 Å². The van der Waals surface area contributed by atoms with Crippen molar-refractivity contribution >= 4 is 0 Å². The molecule has 0 aliphatic carbocycles. The fourth-order valence-electron chi connectivity index (χ4n) is 0.500. The number of hydrogen-bond donors (Lipinski definition) is 1. The van der Waals surface area contributed by atoms with Crippen LogP contribution >= 0.6 is 0 Å². The van der Waals surface area contributed by atoms with Crippen molar-refractivity contribution in [1.82, 2.24) is 0 Å². The molecule has 2 unspecified atom stereocenters. The standard InChI is InChI=1S/C6H11O3/c1-5(7)2-8-3-6-4-9-6/h5-7H,1-4H2. The van der Waals surface area contributed by atoms with Crippen molar-refractivity contribution in [1.29, 1.82) is 0 Å². The second-order valence-electron chi connectivity index (χ2n) is 2.15. The maximum absolute atomic E-state index is 8.61. The molecule has 0 aromatic carbocycles. The summed E-state index contributed by atoms with van der Waals surface area (Å²) >= 11 is 0. The van der Waals surface area contributed by atoms with E-state index in [1.54, 1.807) is 0 Å². The maximum atomic E-state index is 8.61. The first-order valence-corrected chi connectivity index (χ1v) is 2.99. The molecular weight excluding hydrogens is 120 g/mol. The van der Waals surface area contributed by atoms with E-state index in [0.717, 1.165) is 6.61 Å². The summed E-state index contributed by atoms with van der Waals surface area (Å²) < 4.78 is 9.84. The zero-order chi connectivity index (χ0) is 6.69. The summed E-state index contributed by atoms with van der Waals surface area (Å²) in [5.74, 6) is 0. The highest BCUT2D eigenvalue weighted by Crippen LogP contribution is 2.08. The molecule has 2 atom stereocenters. The van der Waals surface area contributed by atoms with Crippen LogP contribution in [0.25, 0.3) is 0 Å². The van der Waals surface area contributed by atoms with Gasteiger partial charge in [0.05, 0.1) is 25.9 Å². The Hall–Kier alpha value is -0.120. The van der Waals surface area contributed by atoms with Crippen LogP contribution in [0.1, 0.15) is 0 Å². The van der Waals surface area contributed by atoms with Gasteiger partial charge in [-0.2, -0.15) is 0 Å². The molecular formula is C6H11O3. The van der Waals surface area contributed by atoms with Crippen molar-refractivity contribution in [2.45, 2.75) is 12.2 Å². The second kappa shape index (κ2) is 3.15. The molecule has 1 heterocycles. The van der Waals surface area contributed by atoms with Gasteiger partial charge in [-0.15, -0.1) is 0 Å². The molecule has 0 saturated carbocycles.